The van der Waals surface area contributed by atoms with Crippen LogP contribution in [-0.4, -0.2) is 28.6 Å². The third kappa shape index (κ3) is 1.39. The summed E-state index contributed by atoms with van der Waals surface area (Å²) in [5.74, 6) is -1.09. The van der Waals surface area contributed by atoms with E-state index in [0.29, 0.717) is 5.56 Å². The minimum absolute atomic E-state index is 0.0329. The van der Waals surface area contributed by atoms with Crippen LogP contribution in [0.2, 0.25) is 0 Å². The van der Waals surface area contributed by atoms with Crippen LogP contribution in [0.25, 0.3) is 0 Å². The smallest absolute Gasteiger partial charge is 0.336 e. The molecule has 1 atom stereocenters. The summed E-state index contributed by atoms with van der Waals surface area (Å²) in [5, 5.41) is 14.0. The first kappa shape index (κ1) is 9.45. The second kappa shape index (κ2) is 3.23. The Balaban J connectivity index is 2.45. The Hall–Kier alpha value is -2.11. The topological polar surface area (TPSA) is 91.3 Å². The molecule has 2 amide bonds. The Bertz CT molecular complexity index is 406. The zero-order valence-electron chi connectivity index (χ0n) is 7.73. The third-order valence-corrected chi connectivity index (χ3v) is 2.38. The lowest BCUT2D eigenvalue weighted by molar-refractivity contribution is -0.143. The number of carbonyl (C=O) groups is 2. The van der Waals surface area contributed by atoms with Crippen molar-refractivity contribution in [3.05, 3.63) is 30.1 Å². The van der Waals surface area contributed by atoms with Crippen LogP contribution in [0, 0.1) is 0 Å². The van der Waals surface area contributed by atoms with Gasteiger partial charge < -0.3 is 15.7 Å². The molecule has 1 unspecified atom stereocenters. The van der Waals surface area contributed by atoms with E-state index in [2.05, 4.69) is 15.6 Å². The van der Waals surface area contributed by atoms with Gasteiger partial charge in [-0.15, -0.1) is 0 Å². The number of amides is 2. The molecule has 2 rings (SSSR count). The number of rotatable bonds is 2. The molecule has 0 aromatic carbocycles. The van der Waals surface area contributed by atoms with E-state index in [1.165, 1.54) is 12.4 Å². The predicted octanol–water partition coefficient (Wildman–Crippen LogP) is -0.326. The highest BCUT2D eigenvalue weighted by molar-refractivity contribution is 5.91. The molecular weight excluding hydrogens is 198 g/mol. The predicted molar refractivity (Wildman–Crippen MR) is 50.1 cm³/mol. The van der Waals surface area contributed by atoms with E-state index in [4.69, 9.17) is 5.11 Å². The summed E-state index contributed by atoms with van der Waals surface area (Å²) in [5.41, 5.74) is -0.872. The largest absolute Gasteiger partial charge is 0.479 e. The van der Waals surface area contributed by atoms with Crippen molar-refractivity contribution >= 4 is 12.0 Å². The maximum atomic E-state index is 11.2. The molecule has 1 saturated heterocycles. The molecule has 1 fully saturated rings. The molecule has 78 valence electrons. The van der Waals surface area contributed by atoms with Gasteiger partial charge in [0.05, 0.1) is 6.54 Å². The van der Waals surface area contributed by atoms with Gasteiger partial charge in [0.15, 0.2) is 5.54 Å². The standard InChI is InChI=1S/C9H9N3O3/c13-7(14)9(5-11-8(15)12-9)6-1-3-10-4-2-6/h1-4H,5H2,(H,13,14)(H2,11,12,15). The van der Waals surface area contributed by atoms with Crippen molar-refractivity contribution in [3.8, 4) is 0 Å². The fourth-order valence-corrected chi connectivity index (χ4v) is 1.56. The number of nitrogens with zero attached hydrogens (tertiary/aromatic N) is 1. The second-order valence-electron chi connectivity index (χ2n) is 3.25. The first-order valence-electron chi connectivity index (χ1n) is 4.35. The van der Waals surface area contributed by atoms with Crippen molar-refractivity contribution in [3.63, 3.8) is 0 Å². The summed E-state index contributed by atoms with van der Waals surface area (Å²) < 4.78 is 0. The van der Waals surface area contributed by atoms with E-state index >= 15 is 0 Å². The highest BCUT2D eigenvalue weighted by Gasteiger charge is 2.46. The Morgan fingerprint density at radius 1 is 1.47 bits per heavy atom. The quantitative estimate of drug-likeness (QED) is 0.619. The average molecular weight is 207 g/mol. The highest BCUT2D eigenvalue weighted by Crippen LogP contribution is 2.23. The number of hydrogen-bond acceptors (Lipinski definition) is 3. The zero-order valence-corrected chi connectivity index (χ0v) is 7.73. The Labute approximate surface area is 85.3 Å². The minimum Gasteiger partial charge on any atom is -0.479 e. The van der Waals surface area contributed by atoms with Crippen LogP contribution in [0.15, 0.2) is 24.5 Å². The zero-order chi connectivity index (χ0) is 10.9. The van der Waals surface area contributed by atoms with E-state index in [1.54, 1.807) is 12.1 Å². The summed E-state index contributed by atoms with van der Waals surface area (Å²) in [6, 6.07) is 2.66. The molecular formula is C9H9N3O3. The lowest BCUT2D eigenvalue weighted by Crippen LogP contribution is -2.47. The van der Waals surface area contributed by atoms with Crippen molar-refractivity contribution < 1.29 is 14.7 Å². The van der Waals surface area contributed by atoms with Crippen molar-refractivity contribution in [1.82, 2.24) is 15.6 Å². The molecule has 1 aromatic heterocycles. The molecule has 6 nitrogen and oxygen atoms in total. The molecule has 3 N–H and O–H groups in total. The third-order valence-electron chi connectivity index (χ3n) is 2.38. The number of carbonyl (C=O) groups excluding carboxylic acids is 1. The fraction of sp³-hybridized carbons (Fsp3) is 0.222. The summed E-state index contributed by atoms with van der Waals surface area (Å²) in [4.78, 5) is 26.0. The van der Waals surface area contributed by atoms with Crippen molar-refractivity contribution in [2.75, 3.05) is 6.54 Å². The number of carboxylic acids is 1. The normalized spacial score (nSPS) is 24.4. The Kier molecular flexibility index (Phi) is 2.03. The van der Waals surface area contributed by atoms with Gasteiger partial charge >= 0.3 is 12.0 Å². The van der Waals surface area contributed by atoms with Crippen LogP contribution in [0.5, 0.6) is 0 Å². The molecule has 0 radical (unpaired) electrons. The van der Waals surface area contributed by atoms with E-state index in [-0.39, 0.29) is 6.54 Å². The first-order chi connectivity index (χ1) is 7.15. The van der Waals surface area contributed by atoms with Gasteiger partial charge in [0, 0.05) is 12.4 Å². The Morgan fingerprint density at radius 2 is 2.13 bits per heavy atom. The number of aromatic nitrogens is 1. The van der Waals surface area contributed by atoms with Gasteiger partial charge in [0.25, 0.3) is 0 Å². The van der Waals surface area contributed by atoms with Crippen molar-refractivity contribution in [2.45, 2.75) is 5.54 Å². The SMILES string of the molecule is O=C1NCC(C(=O)O)(c2ccncc2)N1. The number of pyridine rings is 1. The van der Waals surface area contributed by atoms with Crippen LogP contribution in [-0.2, 0) is 10.3 Å². The molecule has 0 aliphatic carbocycles. The minimum atomic E-state index is -1.37. The molecule has 1 aliphatic heterocycles. The second-order valence-corrected chi connectivity index (χ2v) is 3.25. The van der Waals surface area contributed by atoms with Crippen LogP contribution >= 0.6 is 0 Å². The summed E-state index contributed by atoms with van der Waals surface area (Å²) in [6.07, 6.45) is 2.98. The van der Waals surface area contributed by atoms with E-state index in [1.807, 2.05) is 0 Å². The van der Waals surface area contributed by atoms with Gasteiger partial charge in [-0.2, -0.15) is 0 Å². The maximum absolute atomic E-state index is 11.2. The van der Waals surface area contributed by atoms with E-state index in [9.17, 15) is 9.59 Å². The maximum Gasteiger partial charge on any atom is 0.336 e. The summed E-state index contributed by atoms with van der Waals surface area (Å²) in [7, 11) is 0. The molecule has 0 saturated carbocycles. The van der Waals surface area contributed by atoms with Crippen molar-refractivity contribution in [2.24, 2.45) is 0 Å². The van der Waals surface area contributed by atoms with Gasteiger partial charge in [-0.1, -0.05) is 0 Å². The molecule has 6 heteroatoms. The van der Waals surface area contributed by atoms with Gasteiger partial charge in [0.1, 0.15) is 0 Å². The molecule has 1 aliphatic rings. The molecule has 0 spiro atoms. The van der Waals surface area contributed by atoms with E-state index < -0.39 is 17.5 Å². The number of carboxylic acid groups (broad SMARTS) is 1. The molecule has 1 aromatic rings. The lowest BCUT2D eigenvalue weighted by atomic mass is 9.92. The van der Waals surface area contributed by atoms with Crippen LogP contribution in [0.3, 0.4) is 0 Å². The molecule has 0 bridgehead atoms. The van der Waals surface area contributed by atoms with Crippen molar-refractivity contribution in [1.29, 1.82) is 0 Å². The molecule has 2 heterocycles. The highest BCUT2D eigenvalue weighted by atomic mass is 16.4. The van der Waals surface area contributed by atoms with Gasteiger partial charge in [-0.05, 0) is 17.7 Å². The monoisotopic (exact) mass is 207 g/mol. The lowest BCUT2D eigenvalue weighted by Gasteiger charge is -2.22. The average Bonchev–Trinajstić information content (AvgIpc) is 2.63. The fourth-order valence-electron chi connectivity index (χ4n) is 1.56. The number of aliphatic carboxylic acids is 1. The number of nitrogens with one attached hydrogen (secondary N) is 2. The first-order valence-corrected chi connectivity index (χ1v) is 4.35. The van der Waals surface area contributed by atoms with Crippen LogP contribution < -0.4 is 10.6 Å². The van der Waals surface area contributed by atoms with Crippen LogP contribution in [0.4, 0.5) is 4.79 Å². The summed E-state index contributed by atoms with van der Waals surface area (Å²) in [6.45, 7) is 0.0329. The Morgan fingerprint density at radius 3 is 2.60 bits per heavy atom. The number of urea groups is 1. The number of hydrogen-bond donors (Lipinski definition) is 3. The van der Waals surface area contributed by atoms with Crippen LogP contribution in [0.1, 0.15) is 5.56 Å². The van der Waals surface area contributed by atoms with Gasteiger partial charge in [-0.3, -0.25) is 4.98 Å². The molecule has 15 heavy (non-hydrogen) atoms. The van der Waals surface area contributed by atoms with Gasteiger partial charge in [0.2, 0.25) is 0 Å². The van der Waals surface area contributed by atoms with E-state index in [0.717, 1.165) is 0 Å². The van der Waals surface area contributed by atoms with Gasteiger partial charge in [-0.25, -0.2) is 9.59 Å². The summed E-state index contributed by atoms with van der Waals surface area (Å²) >= 11 is 0.